The Labute approximate surface area is 125 Å². The van der Waals surface area contributed by atoms with Crippen molar-refractivity contribution in [2.75, 3.05) is 0 Å². The van der Waals surface area contributed by atoms with E-state index in [-0.39, 0.29) is 13.0 Å². The van der Waals surface area contributed by atoms with Gasteiger partial charge < -0.3 is 15.2 Å². The number of hydrogen-bond donors (Lipinski definition) is 1. The van der Waals surface area contributed by atoms with Crippen molar-refractivity contribution >= 4 is 11.9 Å². The predicted molar refractivity (Wildman–Crippen MR) is 79.3 cm³/mol. The Kier molecular flexibility index (Phi) is 5.49. The second-order valence-electron chi connectivity index (χ2n) is 6.24. The maximum Gasteiger partial charge on any atom is 0.326 e. The summed E-state index contributed by atoms with van der Waals surface area (Å²) < 4.78 is 10.3. The Balaban J connectivity index is 2.53. The highest BCUT2D eigenvalue weighted by Gasteiger charge is 2.34. The normalized spacial score (nSPS) is 14.1. The van der Waals surface area contributed by atoms with Gasteiger partial charge in [0.15, 0.2) is 0 Å². The quantitative estimate of drug-likeness (QED) is 0.842. The van der Waals surface area contributed by atoms with Gasteiger partial charge in [-0.15, -0.1) is 0 Å². The maximum atomic E-state index is 12.0. The van der Waals surface area contributed by atoms with Crippen molar-refractivity contribution in [1.82, 2.24) is 0 Å². The molecule has 2 N–H and O–H groups in total. The maximum absolute atomic E-state index is 12.0. The largest absolute Gasteiger partial charge is 0.460 e. The van der Waals surface area contributed by atoms with Gasteiger partial charge in [-0.1, -0.05) is 30.3 Å². The van der Waals surface area contributed by atoms with Crippen LogP contribution in [-0.2, 0) is 25.7 Å². The van der Waals surface area contributed by atoms with Gasteiger partial charge in [0.25, 0.3) is 0 Å². The molecule has 0 aliphatic heterocycles. The van der Waals surface area contributed by atoms with Crippen molar-refractivity contribution in [1.29, 1.82) is 0 Å². The third-order valence-electron chi connectivity index (χ3n) is 2.61. The van der Waals surface area contributed by atoms with E-state index in [2.05, 4.69) is 0 Å². The smallest absolute Gasteiger partial charge is 0.326 e. The van der Waals surface area contributed by atoms with Crippen molar-refractivity contribution in [3.05, 3.63) is 35.9 Å². The molecule has 0 fully saturated rings. The summed E-state index contributed by atoms with van der Waals surface area (Å²) >= 11 is 0. The Morgan fingerprint density at radius 3 is 2.19 bits per heavy atom. The molecule has 0 amide bonds. The number of nitrogens with two attached hydrogens (primary N) is 1. The highest BCUT2D eigenvalue weighted by molar-refractivity contribution is 5.86. The van der Waals surface area contributed by atoms with Crippen LogP contribution in [0.3, 0.4) is 0 Å². The van der Waals surface area contributed by atoms with Crippen LogP contribution in [0, 0.1) is 0 Å². The number of carbonyl (C=O) groups is 2. The molecule has 0 bridgehead atoms. The van der Waals surface area contributed by atoms with E-state index in [9.17, 15) is 9.59 Å². The minimum Gasteiger partial charge on any atom is -0.460 e. The van der Waals surface area contributed by atoms with Crippen LogP contribution < -0.4 is 5.73 Å². The van der Waals surface area contributed by atoms with Gasteiger partial charge in [0.05, 0.1) is 6.42 Å². The lowest BCUT2D eigenvalue weighted by atomic mass is 9.99. The number of ether oxygens (including phenoxy) is 2. The number of rotatable bonds is 5. The molecular weight excluding hydrogens is 270 g/mol. The first-order valence-electron chi connectivity index (χ1n) is 6.82. The lowest BCUT2D eigenvalue weighted by molar-refractivity contribution is -0.162. The Morgan fingerprint density at radius 1 is 1.10 bits per heavy atom. The molecular formula is C16H23NO4. The summed E-state index contributed by atoms with van der Waals surface area (Å²) in [5.74, 6) is -1.15. The highest BCUT2D eigenvalue weighted by atomic mass is 16.6. The van der Waals surface area contributed by atoms with E-state index in [1.807, 2.05) is 30.3 Å². The molecule has 1 atom stereocenters. The van der Waals surface area contributed by atoms with Crippen LogP contribution in [0.2, 0.25) is 0 Å². The Hall–Kier alpha value is -1.88. The molecule has 0 aliphatic carbocycles. The van der Waals surface area contributed by atoms with Crippen LogP contribution in [0.1, 0.15) is 39.7 Å². The van der Waals surface area contributed by atoms with Gasteiger partial charge in [-0.25, -0.2) is 0 Å². The SMILES string of the molecule is CC(C)(C)OC(=O)CC(C)(N)C(=O)OCc1ccccc1. The van der Waals surface area contributed by atoms with Gasteiger partial charge in [-0.05, 0) is 33.3 Å². The van der Waals surface area contributed by atoms with Crippen LogP contribution in [-0.4, -0.2) is 23.1 Å². The summed E-state index contributed by atoms with van der Waals surface area (Å²) in [6.45, 7) is 6.86. The summed E-state index contributed by atoms with van der Waals surface area (Å²) in [4.78, 5) is 23.7. The van der Waals surface area contributed by atoms with E-state index in [1.54, 1.807) is 20.8 Å². The Bertz CT molecular complexity index is 489. The fraction of sp³-hybridized carbons (Fsp3) is 0.500. The van der Waals surface area contributed by atoms with Crippen LogP contribution in [0.5, 0.6) is 0 Å². The van der Waals surface area contributed by atoms with Gasteiger partial charge >= 0.3 is 11.9 Å². The first-order chi connectivity index (χ1) is 9.60. The molecule has 1 unspecified atom stereocenters. The summed E-state index contributed by atoms with van der Waals surface area (Å²) in [5, 5.41) is 0. The molecule has 1 aromatic rings. The molecule has 1 rings (SSSR count). The summed E-state index contributed by atoms with van der Waals surface area (Å²) in [6, 6.07) is 9.27. The van der Waals surface area contributed by atoms with Crippen LogP contribution in [0.4, 0.5) is 0 Å². The van der Waals surface area contributed by atoms with Crippen molar-refractivity contribution in [3.63, 3.8) is 0 Å². The summed E-state index contributed by atoms with van der Waals surface area (Å²) in [7, 11) is 0. The molecule has 0 aliphatic rings. The van der Waals surface area contributed by atoms with Gasteiger partial charge in [0, 0.05) is 0 Å². The molecule has 0 radical (unpaired) electrons. The van der Waals surface area contributed by atoms with E-state index < -0.39 is 23.1 Å². The molecule has 0 spiro atoms. The van der Waals surface area contributed by atoms with Gasteiger partial charge in [0.2, 0.25) is 0 Å². The fourth-order valence-electron chi connectivity index (χ4n) is 1.64. The zero-order valence-electron chi connectivity index (χ0n) is 13.0. The average molecular weight is 293 g/mol. The van der Waals surface area contributed by atoms with Crippen LogP contribution in [0.15, 0.2) is 30.3 Å². The molecule has 5 nitrogen and oxygen atoms in total. The summed E-state index contributed by atoms with van der Waals surface area (Å²) in [6.07, 6.45) is -0.224. The molecule has 0 saturated carbocycles. The molecule has 0 heterocycles. The summed E-state index contributed by atoms with van der Waals surface area (Å²) in [5.41, 5.74) is 4.71. The average Bonchev–Trinajstić information content (AvgIpc) is 2.34. The number of esters is 2. The van der Waals surface area contributed by atoms with E-state index >= 15 is 0 Å². The standard InChI is InChI=1S/C16H23NO4/c1-15(2,3)21-13(18)10-16(4,17)14(19)20-11-12-8-6-5-7-9-12/h5-9H,10-11,17H2,1-4H3. The van der Waals surface area contributed by atoms with Crippen LogP contribution >= 0.6 is 0 Å². The minimum absolute atomic E-state index is 0.126. The topological polar surface area (TPSA) is 78.6 Å². The second-order valence-corrected chi connectivity index (χ2v) is 6.24. The number of benzene rings is 1. The predicted octanol–water partition coefficient (Wildman–Crippen LogP) is 2.18. The molecule has 21 heavy (non-hydrogen) atoms. The molecule has 0 aromatic heterocycles. The van der Waals surface area contributed by atoms with Gasteiger partial charge in [-0.3, -0.25) is 9.59 Å². The van der Waals surface area contributed by atoms with Crippen molar-refractivity contribution in [2.45, 2.75) is 51.9 Å². The first-order valence-corrected chi connectivity index (χ1v) is 6.82. The molecule has 116 valence electrons. The molecule has 0 saturated heterocycles. The van der Waals surface area contributed by atoms with Crippen molar-refractivity contribution in [2.24, 2.45) is 5.73 Å². The van der Waals surface area contributed by atoms with Crippen molar-refractivity contribution < 1.29 is 19.1 Å². The Morgan fingerprint density at radius 2 is 1.67 bits per heavy atom. The van der Waals surface area contributed by atoms with Crippen molar-refractivity contribution in [3.8, 4) is 0 Å². The fourth-order valence-corrected chi connectivity index (χ4v) is 1.64. The third-order valence-corrected chi connectivity index (χ3v) is 2.61. The molecule has 1 aromatic carbocycles. The van der Waals surface area contributed by atoms with E-state index in [0.29, 0.717) is 0 Å². The zero-order chi connectivity index (χ0) is 16.1. The minimum atomic E-state index is -1.41. The van der Waals surface area contributed by atoms with E-state index in [4.69, 9.17) is 15.2 Å². The molecule has 5 heteroatoms. The highest BCUT2D eigenvalue weighted by Crippen LogP contribution is 2.15. The second kappa shape index (κ2) is 6.72. The number of hydrogen-bond acceptors (Lipinski definition) is 5. The third kappa shape index (κ3) is 6.40. The van der Waals surface area contributed by atoms with Crippen LogP contribution in [0.25, 0.3) is 0 Å². The van der Waals surface area contributed by atoms with Gasteiger partial charge in [-0.2, -0.15) is 0 Å². The zero-order valence-corrected chi connectivity index (χ0v) is 13.0. The van der Waals surface area contributed by atoms with E-state index in [1.165, 1.54) is 6.92 Å². The first kappa shape index (κ1) is 17.2. The monoisotopic (exact) mass is 293 g/mol. The number of carbonyl (C=O) groups excluding carboxylic acids is 2. The lowest BCUT2D eigenvalue weighted by Crippen LogP contribution is -2.48. The van der Waals surface area contributed by atoms with Gasteiger partial charge in [0.1, 0.15) is 17.7 Å². The van der Waals surface area contributed by atoms with E-state index in [0.717, 1.165) is 5.56 Å². The lowest BCUT2D eigenvalue weighted by Gasteiger charge is -2.25.